The van der Waals surface area contributed by atoms with Gasteiger partial charge in [-0.3, -0.25) is 9.59 Å². The summed E-state index contributed by atoms with van der Waals surface area (Å²) in [5, 5.41) is 0. The van der Waals surface area contributed by atoms with Crippen molar-refractivity contribution in [2.24, 2.45) is 0 Å². The Bertz CT molecular complexity index is 471. The van der Waals surface area contributed by atoms with E-state index in [2.05, 4.69) is 9.72 Å². The standard InChI is InChI=1S/C10H12F2N2O3/c1-2-17-8(16)3-5-6(15)4-7(13)14-9(5)10(11)12/h4,10H,2-3H2,1H3,(H3,13,14,15). The van der Waals surface area contributed by atoms with E-state index in [4.69, 9.17) is 5.73 Å². The smallest absolute Gasteiger partial charge is 0.310 e. The normalized spacial score (nSPS) is 10.6. The van der Waals surface area contributed by atoms with Crippen LogP contribution in [0.25, 0.3) is 0 Å². The summed E-state index contributed by atoms with van der Waals surface area (Å²) in [6.45, 7) is 1.70. The minimum Gasteiger partial charge on any atom is -0.466 e. The molecule has 1 aromatic heterocycles. The van der Waals surface area contributed by atoms with Crippen LogP contribution in [0.5, 0.6) is 0 Å². The van der Waals surface area contributed by atoms with Gasteiger partial charge in [0.2, 0.25) is 0 Å². The second kappa shape index (κ2) is 5.42. The van der Waals surface area contributed by atoms with E-state index in [1.54, 1.807) is 6.92 Å². The summed E-state index contributed by atoms with van der Waals surface area (Å²) in [7, 11) is 0. The zero-order valence-corrected chi connectivity index (χ0v) is 9.13. The highest BCUT2D eigenvalue weighted by Crippen LogP contribution is 2.20. The van der Waals surface area contributed by atoms with Gasteiger partial charge in [-0.1, -0.05) is 0 Å². The number of nitrogen functional groups attached to an aromatic ring is 1. The Morgan fingerprint density at radius 2 is 2.24 bits per heavy atom. The van der Waals surface area contributed by atoms with Gasteiger partial charge in [0, 0.05) is 11.6 Å². The Morgan fingerprint density at radius 1 is 1.59 bits per heavy atom. The highest BCUT2D eigenvalue weighted by atomic mass is 19.3. The van der Waals surface area contributed by atoms with Crippen molar-refractivity contribution in [2.45, 2.75) is 19.8 Å². The first-order valence-electron chi connectivity index (χ1n) is 4.91. The third-order valence-electron chi connectivity index (χ3n) is 2.03. The average molecular weight is 246 g/mol. The topological polar surface area (TPSA) is 85.2 Å². The number of esters is 1. The molecule has 0 aromatic carbocycles. The van der Waals surface area contributed by atoms with E-state index in [1.807, 2.05) is 0 Å². The maximum absolute atomic E-state index is 12.6. The molecular weight excluding hydrogens is 234 g/mol. The van der Waals surface area contributed by atoms with Gasteiger partial charge in [0.15, 0.2) is 5.43 Å². The summed E-state index contributed by atoms with van der Waals surface area (Å²) in [4.78, 5) is 24.8. The molecule has 0 unspecified atom stereocenters. The Kier molecular flexibility index (Phi) is 4.19. The lowest BCUT2D eigenvalue weighted by Crippen LogP contribution is -2.20. The summed E-state index contributed by atoms with van der Waals surface area (Å²) in [5.74, 6) is -0.900. The molecule has 0 saturated carbocycles. The Hall–Kier alpha value is -1.92. The van der Waals surface area contributed by atoms with Crippen LogP contribution in [0.2, 0.25) is 0 Å². The van der Waals surface area contributed by atoms with Gasteiger partial charge in [-0.2, -0.15) is 0 Å². The molecule has 0 aliphatic heterocycles. The van der Waals surface area contributed by atoms with Gasteiger partial charge >= 0.3 is 5.97 Å². The van der Waals surface area contributed by atoms with Crippen LogP contribution < -0.4 is 11.2 Å². The molecule has 94 valence electrons. The molecular formula is C10H12F2N2O3. The lowest BCUT2D eigenvalue weighted by molar-refractivity contribution is -0.142. The molecule has 0 atom stereocenters. The van der Waals surface area contributed by atoms with Crippen LogP contribution in [-0.2, 0) is 16.0 Å². The fraction of sp³-hybridized carbons (Fsp3) is 0.400. The van der Waals surface area contributed by atoms with E-state index in [0.717, 1.165) is 6.07 Å². The summed E-state index contributed by atoms with van der Waals surface area (Å²) in [6, 6.07) is 0.959. The average Bonchev–Trinajstić information content (AvgIpc) is 2.21. The van der Waals surface area contributed by atoms with E-state index >= 15 is 0 Å². The molecule has 5 nitrogen and oxygen atoms in total. The van der Waals surface area contributed by atoms with Gasteiger partial charge in [-0.25, -0.2) is 8.78 Å². The molecule has 3 N–H and O–H groups in total. The third-order valence-corrected chi connectivity index (χ3v) is 2.03. The number of aromatic nitrogens is 1. The van der Waals surface area contributed by atoms with Gasteiger partial charge in [-0.15, -0.1) is 0 Å². The zero-order valence-electron chi connectivity index (χ0n) is 9.13. The van der Waals surface area contributed by atoms with Crippen molar-refractivity contribution in [2.75, 3.05) is 12.3 Å². The maximum Gasteiger partial charge on any atom is 0.310 e. The van der Waals surface area contributed by atoms with E-state index in [1.165, 1.54) is 0 Å². The highest BCUT2D eigenvalue weighted by molar-refractivity contribution is 5.73. The summed E-state index contributed by atoms with van der Waals surface area (Å²) in [6.07, 6.45) is -3.40. The number of carbonyl (C=O) groups is 1. The highest BCUT2D eigenvalue weighted by Gasteiger charge is 2.20. The Balaban J connectivity index is 3.13. The van der Waals surface area contributed by atoms with Crippen molar-refractivity contribution in [3.05, 3.63) is 27.5 Å². The minimum atomic E-state index is -2.91. The lowest BCUT2D eigenvalue weighted by Gasteiger charge is -2.08. The third kappa shape index (κ3) is 3.27. The summed E-state index contributed by atoms with van der Waals surface area (Å²) < 4.78 is 29.9. The SMILES string of the molecule is CCOC(=O)Cc1c(C(F)F)[nH]c(N)cc1=O. The molecule has 0 bridgehead atoms. The van der Waals surface area contributed by atoms with Gasteiger partial charge in [0.05, 0.1) is 18.7 Å². The number of halogens is 2. The van der Waals surface area contributed by atoms with Crippen molar-refractivity contribution in [1.82, 2.24) is 4.98 Å². The Labute approximate surface area is 95.6 Å². The predicted molar refractivity (Wildman–Crippen MR) is 56.8 cm³/mol. The van der Waals surface area contributed by atoms with Crippen LogP contribution in [0.1, 0.15) is 24.6 Å². The molecule has 0 spiro atoms. The second-order valence-electron chi connectivity index (χ2n) is 3.26. The van der Waals surface area contributed by atoms with Crippen LogP contribution in [0.4, 0.5) is 14.6 Å². The number of hydrogen-bond acceptors (Lipinski definition) is 4. The molecule has 0 amide bonds. The van der Waals surface area contributed by atoms with Crippen LogP contribution >= 0.6 is 0 Å². The fourth-order valence-corrected chi connectivity index (χ4v) is 1.35. The number of pyridine rings is 1. The first-order valence-corrected chi connectivity index (χ1v) is 4.91. The van der Waals surface area contributed by atoms with Crippen molar-refractivity contribution < 1.29 is 18.3 Å². The number of aromatic amines is 1. The number of ether oxygens (including phenoxy) is 1. The Morgan fingerprint density at radius 3 is 2.76 bits per heavy atom. The first kappa shape index (κ1) is 13.1. The van der Waals surface area contributed by atoms with Crippen LogP contribution in [0.3, 0.4) is 0 Å². The number of hydrogen-bond donors (Lipinski definition) is 2. The number of rotatable bonds is 4. The molecule has 7 heteroatoms. The van der Waals surface area contributed by atoms with Gasteiger partial charge in [-0.05, 0) is 6.92 Å². The van der Waals surface area contributed by atoms with E-state index in [-0.39, 0.29) is 18.0 Å². The molecule has 0 aliphatic carbocycles. The van der Waals surface area contributed by atoms with Crippen molar-refractivity contribution >= 4 is 11.8 Å². The number of H-pyrrole nitrogens is 1. The molecule has 17 heavy (non-hydrogen) atoms. The number of nitrogens with two attached hydrogens (primary N) is 1. The van der Waals surface area contributed by atoms with E-state index in [9.17, 15) is 18.4 Å². The van der Waals surface area contributed by atoms with E-state index < -0.39 is 29.9 Å². The van der Waals surface area contributed by atoms with Gasteiger partial charge in [0.25, 0.3) is 6.43 Å². The van der Waals surface area contributed by atoms with Crippen molar-refractivity contribution in [1.29, 1.82) is 0 Å². The van der Waals surface area contributed by atoms with Crippen LogP contribution in [0, 0.1) is 0 Å². The summed E-state index contributed by atoms with van der Waals surface area (Å²) >= 11 is 0. The first-order chi connectivity index (χ1) is 7.95. The van der Waals surface area contributed by atoms with Crippen molar-refractivity contribution in [3.8, 4) is 0 Å². The van der Waals surface area contributed by atoms with Crippen LogP contribution in [-0.4, -0.2) is 17.6 Å². The molecule has 1 rings (SSSR count). The predicted octanol–water partition coefficient (Wildman–Crippen LogP) is 1.00. The summed E-state index contributed by atoms with van der Waals surface area (Å²) in [5.41, 5.74) is 3.60. The number of alkyl halides is 2. The van der Waals surface area contributed by atoms with E-state index in [0.29, 0.717) is 0 Å². The molecule has 0 fully saturated rings. The fourth-order valence-electron chi connectivity index (χ4n) is 1.35. The maximum atomic E-state index is 12.6. The molecule has 0 radical (unpaired) electrons. The number of anilines is 1. The lowest BCUT2D eigenvalue weighted by atomic mass is 10.1. The largest absolute Gasteiger partial charge is 0.466 e. The zero-order chi connectivity index (χ0) is 13.0. The number of nitrogens with one attached hydrogen (secondary N) is 1. The van der Waals surface area contributed by atoms with Gasteiger partial charge in [0.1, 0.15) is 5.82 Å². The quantitative estimate of drug-likeness (QED) is 0.776. The van der Waals surface area contributed by atoms with Crippen LogP contribution in [0.15, 0.2) is 10.9 Å². The molecule has 0 aliphatic rings. The molecule has 1 aromatic rings. The minimum absolute atomic E-state index is 0.121. The molecule has 1 heterocycles. The van der Waals surface area contributed by atoms with Crippen molar-refractivity contribution in [3.63, 3.8) is 0 Å². The second-order valence-corrected chi connectivity index (χ2v) is 3.26. The van der Waals surface area contributed by atoms with Gasteiger partial charge < -0.3 is 15.5 Å². The molecule has 0 saturated heterocycles. The number of carbonyl (C=O) groups excluding carboxylic acids is 1. The monoisotopic (exact) mass is 246 g/mol.